The molecular formula is C14H6N2O7. The first-order chi connectivity index (χ1) is 10.8. The summed E-state index contributed by atoms with van der Waals surface area (Å²) in [5.74, 6) is -2.19. The number of non-ortho nitro benzene ring substituents is 1. The first-order valence-corrected chi connectivity index (χ1v) is 6.21. The molecule has 9 nitrogen and oxygen atoms in total. The maximum absolute atomic E-state index is 12.5. The zero-order valence-corrected chi connectivity index (χ0v) is 11.2. The fourth-order valence-electron chi connectivity index (χ4n) is 2.62. The molecule has 9 heteroatoms. The summed E-state index contributed by atoms with van der Waals surface area (Å²) < 4.78 is 0. The van der Waals surface area contributed by atoms with Crippen molar-refractivity contribution >= 4 is 23.1 Å². The van der Waals surface area contributed by atoms with E-state index < -0.39 is 27.3 Å². The maximum atomic E-state index is 12.5. The van der Waals surface area contributed by atoms with Gasteiger partial charge in [0, 0.05) is 29.3 Å². The topological polar surface area (TPSA) is 141 Å². The van der Waals surface area contributed by atoms with Crippen LogP contribution in [-0.2, 0) is 0 Å². The first-order valence-electron chi connectivity index (χ1n) is 6.21. The minimum atomic E-state index is -1.41. The van der Waals surface area contributed by atoms with E-state index in [0.717, 1.165) is 24.3 Å². The van der Waals surface area contributed by atoms with Gasteiger partial charge in [0.25, 0.3) is 11.4 Å². The molecule has 0 aromatic heterocycles. The highest BCUT2D eigenvalue weighted by Crippen LogP contribution is 2.44. The lowest BCUT2D eigenvalue weighted by molar-refractivity contribution is -0.385. The largest absolute Gasteiger partial charge is 0.478 e. The number of hydrogen-bond acceptors (Lipinski definition) is 6. The van der Waals surface area contributed by atoms with Gasteiger partial charge < -0.3 is 5.11 Å². The molecule has 1 aliphatic rings. The van der Waals surface area contributed by atoms with Crippen molar-refractivity contribution in [2.45, 2.75) is 0 Å². The number of benzene rings is 2. The van der Waals surface area contributed by atoms with Gasteiger partial charge in [-0.2, -0.15) is 0 Å². The third-order valence-electron chi connectivity index (χ3n) is 3.57. The Bertz CT molecular complexity index is 933. The predicted molar refractivity (Wildman–Crippen MR) is 75.6 cm³/mol. The lowest BCUT2D eigenvalue weighted by Crippen LogP contribution is -2.07. The van der Waals surface area contributed by atoms with Crippen LogP contribution in [0.3, 0.4) is 0 Å². The summed E-state index contributed by atoms with van der Waals surface area (Å²) >= 11 is 0. The SMILES string of the molecule is O=C(O)c1ccc([N+](=O)[O-])c2c1C(=O)c1cc([N+](=O)[O-])ccc1-2. The number of aromatic carboxylic acids is 1. The van der Waals surface area contributed by atoms with Gasteiger partial charge in [-0.3, -0.25) is 25.0 Å². The summed E-state index contributed by atoms with van der Waals surface area (Å²) in [6.45, 7) is 0. The van der Waals surface area contributed by atoms with Crippen molar-refractivity contribution in [1.82, 2.24) is 0 Å². The van der Waals surface area contributed by atoms with Crippen LogP contribution >= 0.6 is 0 Å². The molecule has 0 atom stereocenters. The van der Waals surface area contributed by atoms with Crippen molar-refractivity contribution in [2.24, 2.45) is 0 Å². The van der Waals surface area contributed by atoms with Crippen LogP contribution in [0.4, 0.5) is 11.4 Å². The van der Waals surface area contributed by atoms with Gasteiger partial charge in [0.05, 0.1) is 26.5 Å². The van der Waals surface area contributed by atoms with Crippen LogP contribution in [0.2, 0.25) is 0 Å². The molecule has 114 valence electrons. The molecule has 0 spiro atoms. The van der Waals surface area contributed by atoms with E-state index in [2.05, 4.69) is 0 Å². The van der Waals surface area contributed by atoms with E-state index >= 15 is 0 Å². The van der Waals surface area contributed by atoms with Crippen molar-refractivity contribution in [3.63, 3.8) is 0 Å². The molecule has 0 aliphatic heterocycles. The van der Waals surface area contributed by atoms with Gasteiger partial charge >= 0.3 is 5.97 Å². The summed E-state index contributed by atoms with van der Waals surface area (Å²) in [6.07, 6.45) is 0. The molecule has 0 saturated carbocycles. The Morgan fingerprint density at radius 2 is 1.65 bits per heavy atom. The lowest BCUT2D eigenvalue weighted by atomic mass is 9.99. The van der Waals surface area contributed by atoms with Crippen LogP contribution in [0, 0.1) is 20.2 Å². The Labute approximate surface area is 127 Å². The number of carbonyl (C=O) groups is 2. The van der Waals surface area contributed by atoms with Gasteiger partial charge in [-0.1, -0.05) is 0 Å². The molecule has 1 aliphatic carbocycles. The zero-order chi connectivity index (χ0) is 16.9. The van der Waals surface area contributed by atoms with Gasteiger partial charge in [-0.25, -0.2) is 4.79 Å². The van der Waals surface area contributed by atoms with Crippen LogP contribution in [-0.4, -0.2) is 26.7 Å². The fourth-order valence-corrected chi connectivity index (χ4v) is 2.62. The summed E-state index contributed by atoms with van der Waals surface area (Å²) in [5, 5.41) is 31.2. The van der Waals surface area contributed by atoms with Crippen molar-refractivity contribution in [3.05, 3.63) is 67.3 Å². The molecular weight excluding hydrogens is 308 g/mol. The number of ketones is 1. The van der Waals surface area contributed by atoms with Gasteiger partial charge in [-0.05, 0) is 12.1 Å². The first kappa shape index (κ1) is 14.3. The number of rotatable bonds is 3. The van der Waals surface area contributed by atoms with Crippen molar-refractivity contribution in [2.75, 3.05) is 0 Å². The maximum Gasteiger partial charge on any atom is 0.336 e. The van der Waals surface area contributed by atoms with E-state index in [4.69, 9.17) is 0 Å². The zero-order valence-electron chi connectivity index (χ0n) is 11.2. The smallest absolute Gasteiger partial charge is 0.336 e. The number of carbonyl (C=O) groups excluding carboxylic acids is 1. The van der Waals surface area contributed by atoms with E-state index in [-0.39, 0.29) is 33.5 Å². The molecule has 23 heavy (non-hydrogen) atoms. The van der Waals surface area contributed by atoms with Gasteiger partial charge in [-0.15, -0.1) is 0 Å². The molecule has 0 heterocycles. The monoisotopic (exact) mass is 314 g/mol. The van der Waals surface area contributed by atoms with Crippen LogP contribution < -0.4 is 0 Å². The van der Waals surface area contributed by atoms with Crippen molar-refractivity contribution < 1.29 is 24.5 Å². The van der Waals surface area contributed by atoms with Gasteiger partial charge in [0.2, 0.25) is 0 Å². The quantitative estimate of drug-likeness (QED) is 0.578. The minimum Gasteiger partial charge on any atom is -0.478 e. The van der Waals surface area contributed by atoms with Gasteiger partial charge in [0.1, 0.15) is 0 Å². The summed E-state index contributed by atoms with van der Waals surface area (Å²) in [7, 11) is 0. The standard InChI is InChI=1S/C14H6N2O7/c17-13-9-5-6(15(20)21)1-2-7(9)11-10(16(22)23)4-3-8(12(11)13)14(18)19/h1-5H,(H,18,19). The highest BCUT2D eigenvalue weighted by Gasteiger charge is 2.37. The lowest BCUT2D eigenvalue weighted by Gasteiger charge is -2.04. The Kier molecular flexibility index (Phi) is 2.93. The van der Waals surface area contributed by atoms with E-state index in [9.17, 15) is 34.9 Å². The number of nitro groups is 2. The second kappa shape index (κ2) is 4.70. The van der Waals surface area contributed by atoms with E-state index in [1.807, 2.05) is 0 Å². The van der Waals surface area contributed by atoms with Gasteiger partial charge in [0.15, 0.2) is 5.78 Å². The molecule has 0 bridgehead atoms. The number of carboxylic acids is 1. The van der Waals surface area contributed by atoms with Crippen molar-refractivity contribution in [3.8, 4) is 11.1 Å². The average Bonchev–Trinajstić information content (AvgIpc) is 2.79. The molecule has 0 fully saturated rings. The molecule has 0 unspecified atom stereocenters. The highest BCUT2D eigenvalue weighted by molar-refractivity contribution is 6.26. The molecule has 1 N–H and O–H groups in total. The van der Waals surface area contributed by atoms with E-state index in [0.29, 0.717) is 0 Å². The summed E-state index contributed by atoms with van der Waals surface area (Å²) in [5.41, 5.74) is -1.60. The Morgan fingerprint density at radius 1 is 0.957 bits per heavy atom. The number of carboxylic acid groups (broad SMARTS) is 1. The Hall–Kier alpha value is -3.62. The van der Waals surface area contributed by atoms with E-state index in [1.54, 1.807) is 0 Å². The predicted octanol–water partition coefficient (Wildman–Crippen LogP) is 2.41. The number of fused-ring (bicyclic) bond motifs is 3. The summed E-state index contributed by atoms with van der Waals surface area (Å²) in [6, 6.07) is 5.31. The molecule has 3 rings (SSSR count). The number of hydrogen-bond donors (Lipinski definition) is 1. The molecule has 2 aromatic rings. The van der Waals surface area contributed by atoms with E-state index in [1.165, 1.54) is 6.07 Å². The van der Waals surface area contributed by atoms with Crippen molar-refractivity contribution in [1.29, 1.82) is 0 Å². The number of nitro benzene ring substituents is 2. The van der Waals surface area contributed by atoms with Crippen LogP contribution in [0.15, 0.2) is 30.3 Å². The van der Waals surface area contributed by atoms with Crippen LogP contribution in [0.5, 0.6) is 0 Å². The summed E-state index contributed by atoms with van der Waals surface area (Å²) in [4.78, 5) is 44.3. The molecule has 0 saturated heterocycles. The molecule has 0 amide bonds. The number of nitrogens with zero attached hydrogens (tertiary/aromatic N) is 2. The minimum absolute atomic E-state index is 0.116. The van der Waals surface area contributed by atoms with Crippen LogP contribution in [0.25, 0.3) is 11.1 Å². The average molecular weight is 314 g/mol. The highest BCUT2D eigenvalue weighted by atomic mass is 16.6. The molecule has 0 radical (unpaired) electrons. The second-order valence-corrected chi connectivity index (χ2v) is 4.76. The third kappa shape index (κ3) is 1.94. The Balaban J connectivity index is 2.39. The van der Waals surface area contributed by atoms with Crippen LogP contribution in [0.1, 0.15) is 26.3 Å². The Morgan fingerprint density at radius 3 is 2.22 bits per heavy atom. The second-order valence-electron chi connectivity index (χ2n) is 4.76. The fraction of sp³-hybridized carbons (Fsp3) is 0. The normalized spacial score (nSPS) is 11.7. The third-order valence-corrected chi connectivity index (χ3v) is 3.57. The molecule has 2 aromatic carbocycles.